The molecule has 0 aliphatic carbocycles. The fourth-order valence-corrected chi connectivity index (χ4v) is 0.728. The van der Waals surface area contributed by atoms with Gasteiger partial charge in [-0.1, -0.05) is 0 Å². The van der Waals surface area contributed by atoms with Crippen LogP contribution in [-0.4, -0.2) is 30.3 Å². The second-order valence-corrected chi connectivity index (χ2v) is 2.84. The molecule has 0 aromatic carbocycles. The smallest absolute Gasteiger partial charge is 0.483 e. The summed E-state index contributed by atoms with van der Waals surface area (Å²) in [6.07, 6.45) is 0. The number of halogens is 1. The van der Waals surface area contributed by atoms with Crippen molar-refractivity contribution in [1.82, 2.24) is 6.15 Å². The molecule has 0 saturated carbocycles. The summed E-state index contributed by atoms with van der Waals surface area (Å²) >= 11 is -0.761. The molecule has 0 saturated heterocycles. The Morgan fingerprint density at radius 1 is 1.86 bits per heavy atom. The number of hydrogen-bond acceptors (Lipinski definition) is 2. The second-order valence-electron chi connectivity index (χ2n) is 0.833. The third-order valence-electron chi connectivity index (χ3n) is 0.308. The van der Waals surface area contributed by atoms with Gasteiger partial charge in [0.25, 0.3) is 5.97 Å². The molecule has 4 N–H and O–H groups in total. The molecule has 0 spiro atoms. The normalized spacial score (nSPS) is 5.86. The van der Waals surface area contributed by atoms with Crippen LogP contribution in [0.15, 0.2) is 0 Å². The second kappa shape index (κ2) is 6.49. The minimum atomic E-state index is -0.781. The first-order valence-corrected chi connectivity index (χ1v) is 4.69. The molecule has 0 radical (unpaired) electrons. The molecule has 40 valence electrons. The zero-order chi connectivity index (χ0) is 4.99. The molecule has 0 amide bonds. The van der Waals surface area contributed by atoms with E-state index in [1.807, 2.05) is 0 Å². The summed E-state index contributed by atoms with van der Waals surface area (Å²) in [6, 6.07) is 0. The van der Waals surface area contributed by atoms with Crippen molar-refractivity contribution in [3.63, 3.8) is 0 Å². The SMILES string of the molecule is N.O=C(O)[CH2][Mg][Cl]. The van der Waals surface area contributed by atoms with Gasteiger partial charge in [-0.05, 0) is 4.55 Å². The van der Waals surface area contributed by atoms with E-state index in [1.165, 1.54) is 0 Å². The van der Waals surface area contributed by atoms with Crippen LogP contribution in [0, 0.1) is 0 Å². The quantitative estimate of drug-likeness (QED) is 0.543. The van der Waals surface area contributed by atoms with Gasteiger partial charge in [0.2, 0.25) is 0 Å². The van der Waals surface area contributed by atoms with Gasteiger partial charge in [0.05, 0.1) is 0 Å². The first-order chi connectivity index (χ1) is 2.77. The van der Waals surface area contributed by atoms with E-state index in [1.54, 1.807) is 0 Å². The molecular formula is C2H6ClMgNO2. The predicted molar refractivity (Wildman–Crippen MR) is 29.1 cm³/mol. The minimum absolute atomic E-state index is 0. The summed E-state index contributed by atoms with van der Waals surface area (Å²) in [5, 5.41) is 7.86. The van der Waals surface area contributed by atoms with Crippen LogP contribution in [0.3, 0.4) is 0 Å². The van der Waals surface area contributed by atoms with E-state index in [4.69, 9.17) is 14.2 Å². The van der Waals surface area contributed by atoms with Gasteiger partial charge in [0.1, 0.15) is 0 Å². The Bertz CT molecular complexity index is 59.7. The van der Waals surface area contributed by atoms with Gasteiger partial charge in [-0.3, -0.25) is 4.79 Å². The highest BCUT2D eigenvalue weighted by atomic mass is 35.5. The summed E-state index contributed by atoms with van der Waals surface area (Å²) in [5.41, 5.74) is 0. The Kier molecular flexibility index (Phi) is 9.70. The number of rotatable bonds is 2. The summed E-state index contributed by atoms with van der Waals surface area (Å²) < 4.78 is 0.196. The van der Waals surface area contributed by atoms with E-state index >= 15 is 0 Å². The molecule has 0 heterocycles. The number of carbonyl (C=O) groups is 1. The number of aliphatic carboxylic acids is 1. The molecular weight excluding hydrogens is 130 g/mol. The molecule has 0 bridgehead atoms. The summed E-state index contributed by atoms with van der Waals surface area (Å²) in [6.45, 7) is 0. The summed E-state index contributed by atoms with van der Waals surface area (Å²) in [7, 11) is 5.15. The van der Waals surface area contributed by atoms with Crippen LogP contribution in [0.1, 0.15) is 0 Å². The van der Waals surface area contributed by atoms with E-state index in [2.05, 4.69) is 0 Å². The van der Waals surface area contributed by atoms with Crippen LogP contribution < -0.4 is 6.15 Å². The van der Waals surface area contributed by atoms with Crippen molar-refractivity contribution in [1.29, 1.82) is 0 Å². The lowest BCUT2D eigenvalue weighted by molar-refractivity contribution is -0.134. The van der Waals surface area contributed by atoms with E-state index in [-0.39, 0.29) is 10.7 Å². The van der Waals surface area contributed by atoms with Crippen molar-refractivity contribution >= 4 is 34.3 Å². The molecule has 0 aromatic heterocycles. The average Bonchev–Trinajstić information content (AvgIpc) is 1.35. The lowest BCUT2D eigenvalue weighted by Gasteiger charge is -1.76. The summed E-state index contributed by atoms with van der Waals surface area (Å²) in [4.78, 5) is 9.55. The molecule has 5 heteroatoms. The van der Waals surface area contributed by atoms with Gasteiger partial charge >= 0.3 is 19.3 Å². The van der Waals surface area contributed by atoms with Crippen LogP contribution in [0.5, 0.6) is 0 Å². The van der Waals surface area contributed by atoms with E-state index in [0.29, 0.717) is 0 Å². The molecule has 0 aliphatic rings. The van der Waals surface area contributed by atoms with Crippen molar-refractivity contribution < 1.29 is 9.90 Å². The Morgan fingerprint density at radius 3 is 2.29 bits per heavy atom. The molecule has 0 aromatic rings. The Balaban J connectivity index is 0. The van der Waals surface area contributed by atoms with Crippen molar-refractivity contribution in [2.75, 3.05) is 0 Å². The predicted octanol–water partition coefficient (Wildman–Crippen LogP) is 0.509. The molecule has 0 aliphatic heterocycles. The Hall–Kier alpha value is 0.486. The van der Waals surface area contributed by atoms with Crippen molar-refractivity contribution in [2.24, 2.45) is 0 Å². The zero-order valence-corrected chi connectivity index (χ0v) is 6.02. The average molecular weight is 136 g/mol. The van der Waals surface area contributed by atoms with Gasteiger partial charge in [0, 0.05) is 0 Å². The maximum atomic E-state index is 9.55. The Labute approximate surface area is 55.1 Å². The van der Waals surface area contributed by atoms with Gasteiger partial charge in [-0.25, -0.2) is 0 Å². The first-order valence-electron chi connectivity index (χ1n) is 1.55. The van der Waals surface area contributed by atoms with E-state index in [0.717, 1.165) is 0 Å². The molecule has 0 fully saturated rings. The topological polar surface area (TPSA) is 72.3 Å². The number of carboxylic acids is 1. The summed E-state index contributed by atoms with van der Waals surface area (Å²) in [5.74, 6) is -0.781. The van der Waals surface area contributed by atoms with E-state index in [9.17, 15) is 4.79 Å². The number of carboxylic acid groups (broad SMARTS) is 1. The fraction of sp³-hybridized carbons (Fsp3) is 0.500. The van der Waals surface area contributed by atoms with Crippen LogP contribution >= 0.6 is 9.07 Å². The third kappa shape index (κ3) is 10.7. The minimum Gasteiger partial charge on any atom is -0.483 e. The van der Waals surface area contributed by atoms with Gasteiger partial charge in [-0.2, -0.15) is 0 Å². The van der Waals surface area contributed by atoms with Gasteiger partial charge in [-0.15, -0.1) is 0 Å². The van der Waals surface area contributed by atoms with E-state index < -0.39 is 25.2 Å². The lowest BCUT2D eigenvalue weighted by atomic mass is 10.8. The standard InChI is InChI=1S/C2H3O2.ClH.Mg.H3N/c1-2(3)4;;;/h1H2,(H,3,4);1H;;1H3/q;;+1;/p-1. The van der Waals surface area contributed by atoms with Crippen LogP contribution in [-0.2, 0) is 4.79 Å². The van der Waals surface area contributed by atoms with Crippen molar-refractivity contribution in [2.45, 2.75) is 4.55 Å². The molecule has 0 rings (SSSR count). The molecule has 7 heavy (non-hydrogen) atoms. The van der Waals surface area contributed by atoms with Gasteiger partial charge < -0.3 is 20.3 Å². The van der Waals surface area contributed by atoms with Gasteiger partial charge in [0.15, 0.2) is 0 Å². The van der Waals surface area contributed by atoms with Crippen molar-refractivity contribution in [3.8, 4) is 0 Å². The fourth-order valence-electron chi connectivity index (χ4n) is 0.0808. The van der Waals surface area contributed by atoms with Crippen LogP contribution in [0.2, 0.25) is 4.55 Å². The largest absolute Gasteiger partial charge is 0.514 e. The molecule has 0 unspecified atom stereocenters. The highest BCUT2D eigenvalue weighted by molar-refractivity contribution is 6.94. The third-order valence-corrected chi connectivity index (χ3v) is 1.49. The number of hydrogen-bond donors (Lipinski definition) is 2. The highest BCUT2D eigenvalue weighted by Gasteiger charge is 1.95. The maximum Gasteiger partial charge on any atom is 0.514 e. The highest BCUT2D eigenvalue weighted by Crippen LogP contribution is 1.78. The monoisotopic (exact) mass is 135 g/mol. The van der Waals surface area contributed by atoms with Crippen LogP contribution in [0.4, 0.5) is 0 Å². The Morgan fingerprint density at radius 2 is 2.29 bits per heavy atom. The molecule has 3 nitrogen and oxygen atoms in total. The molecule has 0 atom stereocenters. The van der Waals surface area contributed by atoms with Crippen LogP contribution in [0.25, 0.3) is 0 Å². The maximum absolute atomic E-state index is 9.55. The van der Waals surface area contributed by atoms with Crippen molar-refractivity contribution in [3.05, 3.63) is 0 Å². The lowest BCUT2D eigenvalue weighted by Crippen LogP contribution is -1.93. The first kappa shape index (κ1) is 10.5. The zero-order valence-electron chi connectivity index (χ0n) is 3.85.